The summed E-state index contributed by atoms with van der Waals surface area (Å²) in [6, 6.07) is 7.54. The van der Waals surface area contributed by atoms with Crippen molar-refractivity contribution in [3.05, 3.63) is 24.3 Å². The largest absolute Gasteiger partial charge is 0.482 e. The van der Waals surface area contributed by atoms with Gasteiger partial charge >= 0.3 is 5.79 Å². The van der Waals surface area contributed by atoms with Crippen LogP contribution in [-0.2, 0) is 4.74 Å². The third kappa shape index (κ3) is 2.06. The van der Waals surface area contributed by atoms with E-state index in [1.165, 1.54) is 0 Å². The molecule has 0 aliphatic carbocycles. The van der Waals surface area contributed by atoms with Gasteiger partial charge < -0.3 is 19.5 Å². The van der Waals surface area contributed by atoms with Crippen molar-refractivity contribution in [1.82, 2.24) is 5.32 Å². The van der Waals surface area contributed by atoms with Gasteiger partial charge in [-0.05, 0) is 12.1 Å². The molecule has 0 bridgehead atoms. The maximum Gasteiger partial charge on any atom is 0.303 e. The molecule has 0 amide bonds. The predicted molar refractivity (Wildman–Crippen MR) is 72.9 cm³/mol. The fraction of sp³-hybridized carbons (Fsp3) is 0.417. The third-order valence-corrected chi connectivity index (χ3v) is 2.91. The molecule has 18 heavy (non-hydrogen) atoms. The summed E-state index contributed by atoms with van der Waals surface area (Å²) in [6.45, 7) is 1.85. The van der Waals surface area contributed by atoms with Gasteiger partial charge in [0.2, 0.25) is 0 Å². The average molecular weight is 315 g/mol. The minimum atomic E-state index is -0.940. The number of nitrogens with one attached hydrogen (secondary N) is 1. The molecule has 5 nitrogen and oxygen atoms in total. The van der Waals surface area contributed by atoms with Crippen LogP contribution in [0.15, 0.2) is 29.3 Å². The lowest BCUT2D eigenvalue weighted by molar-refractivity contribution is -0.145. The van der Waals surface area contributed by atoms with E-state index in [-0.39, 0.29) is 17.0 Å². The summed E-state index contributed by atoms with van der Waals surface area (Å²) in [6.07, 6.45) is 0. The average Bonchev–Trinajstić information content (AvgIpc) is 2.92. The number of para-hydroxylation sites is 2. The molecule has 3 rings (SSSR count). The Morgan fingerprint density at radius 1 is 1.33 bits per heavy atom. The summed E-state index contributed by atoms with van der Waals surface area (Å²) in [5.74, 6) is 1.18. The molecule has 98 valence electrons. The Morgan fingerprint density at radius 3 is 2.78 bits per heavy atom. The molecule has 1 unspecified atom stereocenters. The van der Waals surface area contributed by atoms with E-state index in [1.54, 1.807) is 7.11 Å². The van der Waals surface area contributed by atoms with Crippen LogP contribution in [0.3, 0.4) is 0 Å². The van der Waals surface area contributed by atoms with Gasteiger partial charge in [-0.3, -0.25) is 4.99 Å². The fourth-order valence-corrected chi connectivity index (χ4v) is 2.00. The molecule has 0 radical (unpaired) electrons. The summed E-state index contributed by atoms with van der Waals surface area (Å²) in [5.41, 5.74) is 0. The number of hydrogen-bond donors (Lipinski definition) is 1. The zero-order valence-corrected chi connectivity index (χ0v) is 11.7. The van der Waals surface area contributed by atoms with E-state index in [4.69, 9.17) is 14.2 Å². The Labute approximate surface area is 116 Å². The maximum atomic E-state index is 5.91. The number of hydrogen-bond acceptors (Lipinski definition) is 5. The molecule has 0 aromatic heterocycles. The van der Waals surface area contributed by atoms with Crippen LogP contribution in [0, 0.1) is 0 Å². The van der Waals surface area contributed by atoms with Gasteiger partial charge in [-0.2, -0.15) is 0 Å². The highest BCUT2D eigenvalue weighted by atomic mass is 79.9. The van der Waals surface area contributed by atoms with Crippen molar-refractivity contribution in [3.8, 4) is 11.5 Å². The first-order chi connectivity index (χ1) is 8.34. The van der Waals surface area contributed by atoms with E-state index < -0.39 is 5.79 Å². The Balaban J connectivity index is 0.00000120. The number of amidine groups is 1. The molecule has 0 saturated heterocycles. The Kier molecular flexibility index (Phi) is 3.77. The van der Waals surface area contributed by atoms with Crippen LogP contribution in [0.1, 0.15) is 0 Å². The molecule has 0 fully saturated rings. The van der Waals surface area contributed by atoms with E-state index in [9.17, 15) is 0 Å². The smallest absolute Gasteiger partial charge is 0.303 e. The number of benzene rings is 1. The van der Waals surface area contributed by atoms with E-state index in [0.29, 0.717) is 18.2 Å². The topological polar surface area (TPSA) is 52.1 Å². The van der Waals surface area contributed by atoms with Gasteiger partial charge in [0, 0.05) is 13.7 Å². The summed E-state index contributed by atoms with van der Waals surface area (Å²) in [5, 5.41) is 3.17. The highest BCUT2D eigenvalue weighted by molar-refractivity contribution is 8.93. The number of ether oxygens (including phenoxy) is 3. The number of halogens is 1. The number of methoxy groups -OCH3 is 1. The van der Waals surface area contributed by atoms with E-state index in [2.05, 4.69) is 10.3 Å². The van der Waals surface area contributed by atoms with Crippen LogP contribution in [0.2, 0.25) is 0 Å². The van der Waals surface area contributed by atoms with Crippen molar-refractivity contribution < 1.29 is 14.2 Å². The molecule has 1 atom stereocenters. The van der Waals surface area contributed by atoms with Crippen LogP contribution in [0.5, 0.6) is 11.5 Å². The molecule has 0 saturated carbocycles. The van der Waals surface area contributed by atoms with E-state index in [1.807, 2.05) is 24.3 Å². The van der Waals surface area contributed by atoms with Crippen LogP contribution in [0.25, 0.3) is 0 Å². The molecule has 0 spiro atoms. The van der Waals surface area contributed by atoms with Crippen LogP contribution >= 0.6 is 17.0 Å². The van der Waals surface area contributed by atoms with Crippen molar-refractivity contribution in [2.75, 3.05) is 26.8 Å². The normalized spacial score (nSPS) is 24.8. The van der Waals surface area contributed by atoms with Crippen molar-refractivity contribution in [2.24, 2.45) is 4.99 Å². The zero-order valence-electron chi connectivity index (χ0n) is 10.0. The van der Waals surface area contributed by atoms with E-state index in [0.717, 1.165) is 18.8 Å². The lowest BCUT2D eigenvalue weighted by Crippen LogP contribution is -2.56. The Hall–Kier alpha value is -1.27. The second-order valence-corrected chi connectivity index (χ2v) is 3.95. The van der Waals surface area contributed by atoms with Gasteiger partial charge in [-0.25, -0.2) is 0 Å². The SMILES string of the molecule is Br.COC1(C2=NCCN2)COc2ccccc2O1. The van der Waals surface area contributed by atoms with Gasteiger partial charge in [-0.15, -0.1) is 17.0 Å². The lowest BCUT2D eigenvalue weighted by atomic mass is 10.2. The van der Waals surface area contributed by atoms with E-state index >= 15 is 0 Å². The number of nitrogens with zero attached hydrogens (tertiary/aromatic N) is 1. The Morgan fingerprint density at radius 2 is 2.11 bits per heavy atom. The first kappa shape index (κ1) is 13.2. The minimum Gasteiger partial charge on any atom is -0.482 e. The molecule has 1 aromatic carbocycles. The second-order valence-electron chi connectivity index (χ2n) is 3.95. The summed E-state index contributed by atoms with van der Waals surface area (Å²) in [7, 11) is 1.60. The lowest BCUT2D eigenvalue weighted by Gasteiger charge is -2.36. The van der Waals surface area contributed by atoms with Crippen molar-refractivity contribution in [2.45, 2.75) is 5.79 Å². The standard InChI is InChI=1S/C12H14N2O3.BrH/c1-15-12(11-13-6-7-14-11)8-16-9-4-2-3-5-10(9)17-12;/h2-5H,6-8H2,1H3,(H,13,14);1H. The fourth-order valence-electron chi connectivity index (χ4n) is 2.00. The first-order valence-corrected chi connectivity index (χ1v) is 5.59. The molecule has 1 N–H and O–H groups in total. The third-order valence-electron chi connectivity index (χ3n) is 2.91. The molecule has 2 heterocycles. The number of fused-ring (bicyclic) bond motifs is 1. The molecular formula is C12H15BrN2O3. The monoisotopic (exact) mass is 314 g/mol. The zero-order chi connectivity index (χ0) is 11.7. The first-order valence-electron chi connectivity index (χ1n) is 5.59. The Bertz CT molecular complexity index is 466. The van der Waals surface area contributed by atoms with Crippen molar-refractivity contribution in [1.29, 1.82) is 0 Å². The quantitative estimate of drug-likeness (QED) is 0.896. The molecule has 6 heteroatoms. The number of rotatable bonds is 2. The van der Waals surface area contributed by atoms with Gasteiger partial charge in [0.1, 0.15) is 0 Å². The highest BCUT2D eigenvalue weighted by Gasteiger charge is 2.44. The molecule has 1 aromatic rings. The van der Waals surface area contributed by atoms with Gasteiger partial charge in [0.15, 0.2) is 23.9 Å². The summed E-state index contributed by atoms with van der Waals surface area (Å²) in [4.78, 5) is 4.35. The van der Waals surface area contributed by atoms with Crippen LogP contribution < -0.4 is 14.8 Å². The van der Waals surface area contributed by atoms with Gasteiger partial charge in [0.25, 0.3) is 0 Å². The highest BCUT2D eigenvalue weighted by Crippen LogP contribution is 2.35. The van der Waals surface area contributed by atoms with Crippen molar-refractivity contribution in [3.63, 3.8) is 0 Å². The van der Waals surface area contributed by atoms with Gasteiger partial charge in [0.05, 0.1) is 6.54 Å². The molecular weight excluding hydrogens is 300 g/mol. The predicted octanol–water partition coefficient (Wildman–Crippen LogP) is 1.38. The van der Waals surface area contributed by atoms with Gasteiger partial charge in [-0.1, -0.05) is 12.1 Å². The minimum absolute atomic E-state index is 0. The summed E-state index contributed by atoms with van der Waals surface area (Å²) >= 11 is 0. The molecule has 2 aliphatic rings. The summed E-state index contributed by atoms with van der Waals surface area (Å²) < 4.78 is 17.1. The molecule has 2 aliphatic heterocycles. The number of aliphatic imine (C=N–C) groups is 1. The van der Waals surface area contributed by atoms with Crippen LogP contribution in [-0.4, -0.2) is 38.4 Å². The van der Waals surface area contributed by atoms with Crippen LogP contribution in [0.4, 0.5) is 0 Å². The second kappa shape index (κ2) is 5.16. The maximum absolute atomic E-state index is 5.91. The van der Waals surface area contributed by atoms with Crippen molar-refractivity contribution >= 4 is 22.8 Å².